The van der Waals surface area contributed by atoms with Gasteiger partial charge in [-0.15, -0.1) is 0 Å². The molecule has 106 valence electrons. The Bertz CT molecular complexity index is 370. The number of thiol groups is 1. The van der Waals surface area contributed by atoms with Crippen LogP contribution in [0.2, 0.25) is 0 Å². The average molecular weight is 281 g/mol. The van der Waals surface area contributed by atoms with Gasteiger partial charge in [0.25, 0.3) is 0 Å². The minimum atomic E-state index is -0.287. The minimum absolute atomic E-state index is 0.0659. The Morgan fingerprint density at radius 3 is 2.58 bits per heavy atom. The third kappa shape index (κ3) is 6.12. The van der Waals surface area contributed by atoms with Gasteiger partial charge in [-0.2, -0.15) is 12.6 Å². The van der Waals surface area contributed by atoms with E-state index in [0.717, 1.165) is 31.4 Å². The fourth-order valence-electron chi connectivity index (χ4n) is 1.93. The van der Waals surface area contributed by atoms with Crippen LogP contribution in [-0.2, 0) is 11.2 Å². The van der Waals surface area contributed by atoms with Crippen LogP contribution in [0.25, 0.3) is 0 Å². The summed E-state index contributed by atoms with van der Waals surface area (Å²) in [6, 6.07) is 9.93. The van der Waals surface area contributed by atoms with Crippen LogP contribution in [0.1, 0.15) is 24.8 Å². The lowest BCUT2D eigenvalue weighted by Crippen LogP contribution is -2.35. The van der Waals surface area contributed by atoms with Gasteiger partial charge in [0.05, 0.1) is 5.25 Å². The Kier molecular flexibility index (Phi) is 7.60. The van der Waals surface area contributed by atoms with Crippen LogP contribution in [0.3, 0.4) is 0 Å². The van der Waals surface area contributed by atoms with Crippen LogP contribution in [0.4, 0.5) is 0 Å². The number of aliphatic hydroxyl groups is 1. The molecule has 0 aliphatic carbocycles. The highest BCUT2D eigenvalue weighted by Gasteiger charge is 2.18. The molecule has 3 nitrogen and oxygen atoms in total. The number of rotatable bonds is 8. The Balaban J connectivity index is 2.35. The number of amides is 1. The van der Waals surface area contributed by atoms with Crippen molar-refractivity contribution in [2.45, 2.75) is 30.9 Å². The largest absolute Gasteiger partial charge is 0.396 e. The molecule has 1 unspecified atom stereocenters. The third-order valence-electron chi connectivity index (χ3n) is 3.08. The molecule has 0 saturated carbocycles. The molecule has 0 aromatic heterocycles. The van der Waals surface area contributed by atoms with E-state index in [1.165, 1.54) is 0 Å². The molecule has 0 bridgehead atoms. The van der Waals surface area contributed by atoms with Gasteiger partial charge >= 0.3 is 0 Å². The molecule has 0 fully saturated rings. The maximum absolute atomic E-state index is 12.1. The summed E-state index contributed by atoms with van der Waals surface area (Å²) in [5, 5.41) is 8.41. The Hall–Kier alpha value is -1.00. The molecule has 1 aromatic rings. The summed E-state index contributed by atoms with van der Waals surface area (Å²) in [5.74, 6) is 0.0659. The van der Waals surface area contributed by atoms with E-state index in [-0.39, 0.29) is 17.8 Å². The second kappa shape index (κ2) is 8.99. The van der Waals surface area contributed by atoms with E-state index in [2.05, 4.69) is 12.6 Å². The summed E-state index contributed by atoms with van der Waals surface area (Å²) in [4.78, 5) is 13.8. The van der Waals surface area contributed by atoms with Crippen molar-refractivity contribution in [3.05, 3.63) is 35.9 Å². The van der Waals surface area contributed by atoms with Crippen molar-refractivity contribution in [2.75, 3.05) is 20.2 Å². The number of hydrogen-bond acceptors (Lipinski definition) is 3. The molecule has 0 aliphatic heterocycles. The van der Waals surface area contributed by atoms with Crippen LogP contribution in [0, 0.1) is 0 Å². The second-order valence-electron chi connectivity index (χ2n) is 4.75. The van der Waals surface area contributed by atoms with Crippen molar-refractivity contribution in [3.63, 3.8) is 0 Å². The van der Waals surface area contributed by atoms with Crippen molar-refractivity contribution in [1.82, 2.24) is 4.90 Å². The van der Waals surface area contributed by atoms with E-state index in [4.69, 9.17) is 5.11 Å². The van der Waals surface area contributed by atoms with E-state index in [9.17, 15) is 4.79 Å². The van der Waals surface area contributed by atoms with Gasteiger partial charge in [0.15, 0.2) is 0 Å². The highest BCUT2D eigenvalue weighted by molar-refractivity contribution is 7.81. The predicted molar refractivity (Wildman–Crippen MR) is 81.5 cm³/mol. The summed E-state index contributed by atoms with van der Waals surface area (Å²) < 4.78 is 0. The van der Waals surface area contributed by atoms with Gasteiger partial charge in [-0.3, -0.25) is 4.79 Å². The Morgan fingerprint density at radius 1 is 1.26 bits per heavy atom. The molecule has 1 atom stereocenters. The lowest BCUT2D eigenvalue weighted by atomic mass is 10.1. The maximum Gasteiger partial charge on any atom is 0.235 e. The first-order chi connectivity index (χ1) is 9.15. The summed E-state index contributed by atoms with van der Waals surface area (Å²) >= 11 is 4.41. The van der Waals surface area contributed by atoms with Crippen LogP contribution >= 0.6 is 12.6 Å². The predicted octanol–water partition coefficient (Wildman–Crippen LogP) is 2.15. The first kappa shape index (κ1) is 16.1. The van der Waals surface area contributed by atoms with E-state index in [1.807, 2.05) is 37.4 Å². The van der Waals surface area contributed by atoms with Crippen LogP contribution in [0.5, 0.6) is 0 Å². The van der Waals surface area contributed by atoms with Crippen LogP contribution < -0.4 is 0 Å². The lowest BCUT2D eigenvalue weighted by Gasteiger charge is -2.21. The smallest absolute Gasteiger partial charge is 0.235 e. The number of nitrogens with zero attached hydrogens (tertiary/aromatic N) is 1. The zero-order valence-corrected chi connectivity index (χ0v) is 12.4. The van der Waals surface area contributed by atoms with Gasteiger partial charge in [-0.1, -0.05) is 30.3 Å². The van der Waals surface area contributed by atoms with E-state index >= 15 is 0 Å². The molecule has 0 saturated heterocycles. The van der Waals surface area contributed by atoms with E-state index in [0.29, 0.717) is 6.42 Å². The van der Waals surface area contributed by atoms with Gasteiger partial charge in [-0.05, 0) is 31.2 Å². The minimum Gasteiger partial charge on any atom is -0.396 e. The van der Waals surface area contributed by atoms with Gasteiger partial charge in [0, 0.05) is 20.2 Å². The number of unbranched alkanes of at least 4 members (excludes halogenated alkanes) is 2. The normalized spacial score (nSPS) is 12.2. The van der Waals surface area contributed by atoms with Crippen molar-refractivity contribution in [2.24, 2.45) is 0 Å². The van der Waals surface area contributed by atoms with Crippen molar-refractivity contribution in [3.8, 4) is 0 Å². The molecule has 0 radical (unpaired) electrons. The van der Waals surface area contributed by atoms with Crippen LogP contribution in [0.15, 0.2) is 30.3 Å². The lowest BCUT2D eigenvalue weighted by molar-refractivity contribution is -0.129. The summed E-state index contributed by atoms with van der Waals surface area (Å²) in [5.41, 5.74) is 1.13. The molecule has 0 heterocycles. The second-order valence-corrected chi connectivity index (χ2v) is 5.37. The van der Waals surface area contributed by atoms with Gasteiger partial charge in [0.1, 0.15) is 0 Å². The number of benzene rings is 1. The van der Waals surface area contributed by atoms with Gasteiger partial charge in [0.2, 0.25) is 5.91 Å². The quantitative estimate of drug-likeness (QED) is 0.566. The van der Waals surface area contributed by atoms with Crippen molar-refractivity contribution in [1.29, 1.82) is 0 Å². The molecule has 4 heteroatoms. The third-order valence-corrected chi connectivity index (χ3v) is 3.49. The van der Waals surface area contributed by atoms with Gasteiger partial charge < -0.3 is 10.0 Å². The average Bonchev–Trinajstić information content (AvgIpc) is 2.43. The highest BCUT2D eigenvalue weighted by Crippen LogP contribution is 2.10. The fourth-order valence-corrected chi connectivity index (χ4v) is 2.33. The molecular weight excluding hydrogens is 258 g/mol. The fraction of sp³-hybridized carbons (Fsp3) is 0.533. The Labute approximate surface area is 121 Å². The van der Waals surface area contributed by atoms with Gasteiger partial charge in [-0.25, -0.2) is 0 Å². The van der Waals surface area contributed by atoms with Crippen LogP contribution in [-0.4, -0.2) is 41.4 Å². The zero-order chi connectivity index (χ0) is 14.1. The number of carbonyl (C=O) groups excluding carboxylic acids is 1. The topological polar surface area (TPSA) is 40.5 Å². The SMILES string of the molecule is CN(CCCCCO)C(=O)C(S)Cc1ccccc1. The molecule has 1 N–H and O–H groups in total. The van der Waals surface area contributed by atoms with Crippen molar-refractivity contribution >= 4 is 18.5 Å². The number of hydrogen-bond donors (Lipinski definition) is 2. The molecule has 0 aliphatic rings. The summed E-state index contributed by atoms with van der Waals surface area (Å²) in [6.07, 6.45) is 3.33. The standard InChI is InChI=1S/C15H23NO2S/c1-16(10-6-3-7-11-17)15(18)14(19)12-13-8-4-2-5-9-13/h2,4-5,8-9,14,17,19H,3,6-7,10-12H2,1H3. The molecule has 19 heavy (non-hydrogen) atoms. The summed E-state index contributed by atoms with van der Waals surface area (Å²) in [6.45, 7) is 0.950. The molecule has 1 amide bonds. The molecule has 1 aromatic carbocycles. The number of aliphatic hydroxyl groups excluding tert-OH is 1. The molecule has 1 rings (SSSR count). The molecular formula is C15H23NO2S. The van der Waals surface area contributed by atoms with E-state index < -0.39 is 0 Å². The zero-order valence-electron chi connectivity index (χ0n) is 11.5. The first-order valence-corrected chi connectivity index (χ1v) is 7.24. The number of carbonyl (C=O) groups is 1. The van der Waals surface area contributed by atoms with Crippen molar-refractivity contribution < 1.29 is 9.90 Å². The maximum atomic E-state index is 12.1. The molecule has 0 spiro atoms. The monoisotopic (exact) mass is 281 g/mol. The summed E-state index contributed by atoms with van der Waals surface area (Å²) in [7, 11) is 1.81. The van der Waals surface area contributed by atoms with E-state index in [1.54, 1.807) is 4.90 Å². The highest BCUT2D eigenvalue weighted by atomic mass is 32.1. The first-order valence-electron chi connectivity index (χ1n) is 6.73. The Morgan fingerprint density at radius 2 is 1.95 bits per heavy atom.